The Kier molecular flexibility index (Phi) is 1.95. The van der Waals surface area contributed by atoms with Crippen molar-refractivity contribution in [2.24, 2.45) is 0 Å². The van der Waals surface area contributed by atoms with Gasteiger partial charge in [-0.05, 0) is 0 Å². The van der Waals surface area contributed by atoms with E-state index in [1.54, 1.807) is 0 Å². The second-order valence-electron chi connectivity index (χ2n) is 1.79. The van der Waals surface area contributed by atoms with E-state index in [0.29, 0.717) is 13.2 Å². The minimum absolute atomic E-state index is 0.118. The second-order valence-corrected chi connectivity index (χ2v) is 4.12. The van der Waals surface area contributed by atoms with Gasteiger partial charge in [-0.3, -0.25) is 0 Å². The number of rotatable bonds is 2. The predicted octanol–water partition coefficient (Wildman–Crippen LogP) is -0.542. The molecular formula is C3H6ClNO3S. The molecule has 1 aliphatic heterocycles. The highest BCUT2D eigenvalue weighted by Gasteiger charge is 2.22. The van der Waals surface area contributed by atoms with Crippen LogP contribution in [0.5, 0.6) is 0 Å². The largest absolute Gasteiger partial charge is 0.378 e. The SMILES string of the molecule is O=S(=O)(Cl)NC1COC1. The fourth-order valence-corrected chi connectivity index (χ4v) is 1.42. The van der Waals surface area contributed by atoms with E-state index in [0.717, 1.165) is 0 Å². The Hall–Kier alpha value is 0.160. The lowest BCUT2D eigenvalue weighted by molar-refractivity contribution is 0.00508. The van der Waals surface area contributed by atoms with Gasteiger partial charge in [-0.2, -0.15) is 13.1 Å². The summed E-state index contributed by atoms with van der Waals surface area (Å²) in [7, 11) is 1.30. The first-order valence-corrected chi connectivity index (χ1v) is 4.68. The van der Waals surface area contributed by atoms with Gasteiger partial charge in [-0.15, -0.1) is 0 Å². The smallest absolute Gasteiger partial charge is 0.297 e. The fraction of sp³-hybridized carbons (Fsp3) is 1.00. The molecule has 4 nitrogen and oxygen atoms in total. The molecule has 0 spiro atoms. The van der Waals surface area contributed by atoms with Crippen molar-refractivity contribution in [3.63, 3.8) is 0 Å². The lowest BCUT2D eigenvalue weighted by Gasteiger charge is -2.24. The Morgan fingerprint density at radius 2 is 2.11 bits per heavy atom. The van der Waals surface area contributed by atoms with Gasteiger partial charge in [0, 0.05) is 10.7 Å². The minimum atomic E-state index is -3.54. The van der Waals surface area contributed by atoms with Crippen molar-refractivity contribution in [2.45, 2.75) is 6.04 Å². The van der Waals surface area contributed by atoms with Gasteiger partial charge in [0.1, 0.15) is 0 Å². The Balaban J connectivity index is 2.33. The summed E-state index contributed by atoms with van der Waals surface area (Å²) in [6.07, 6.45) is 0. The van der Waals surface area contributed by atoms with E-state index >= 15 is 0 Å². The van der Waals surface area contributed by atoms with Crippen molar-refractivity contribution in [3.05, 3.63) is 0 Å². The third-order valence-corrected chi connectivity index (χ3v) is 1.83. The van der Waals surface area contributed by atoms with Crippen LogP contribution in [-0.2, 0) is 14.0 Å². The molecule has 0 aromatic rings. The summed E-state index contributed by atoms with van der Waals surface area (Å²) >= 11 is 0. The van der Waals surface area contributed by atoms with Crippen LogP contribution in [0.1, 0.15) is 0 Å². The zero-order valence-corrected chi connectivity index (χ0v) is 6.07. The van der Waals surface area contributed by atoms with Crippen LogP contribution in [0, 0.1) is 0 Å². The first-order chi connectivity index (χ1) is 4.08. The molecule has 1 rings (SSSR count). The van der Waals surface area contributed by atoms with E-state index < -0.39 is 9.24 Å². The Morgan fingerprint density at radius 1 is 1.56 bits per heavy atom. The maximum Gasteiger partial charge on any atom is 0.297 e. The molecule has 0 amide bonds. The number of hydrogen-bond donors (Lipinski definition) is 1. The Bertz CT molecular complexity index is 185. The maximum absolute atomic E-state index is 10.2. The monoisotopic (exact) mass is 171 g/mol. The molecular weight excluding hydrogens is 166 g/mol. The highest BCUT2D eigenvalue weighted by Crippen LogP contribution is 2.02. The van der Waals surface area contributed by atoms with Gasteiger partial charge in [0.2, 0.25) is 0 Å². The van der Waals surface area contributed by atoms with Gasteiger partial charge in [-0.1, -0.05) is 0 Å². The van der Waals surface area contributed by atoms with Gasteiger partial charge < -0.3 is 4.74 Å². The number of nitrogens with one attached hydrogen (secondary N) is 1. The summed E-state index contributed by atoms with van der Waals surface area (Å²) in [5, 5.41) is 0. The molecule has 1 saturated heterocycles. The predicted molar refractivity (Wildman–Crippen MR) is 32.5 cm³/mol. The molecule has 6 heteroatoms. The number of hydrogen-bond acceptors (Lipinski definition) is 3. The molecule has 9 heavy (non-hydrogen) atoms. The summed E-state index contributed by atoms with van der Waals surface area (Å²) in [4.78, 5) is 0. The van der Waals surface area contributed by atoms with Crippen LogP contribution in [0.3, 0.4) is 0 Å². The molecule has 1 N–H and O–H groups in total. The van der Waals surface area contributed by atoms with Crippen LogP contribution in [0.2, 0.25) is 0 Å². The highest BCUT2D eigenvalue weighted by atomic mass is 35.7. The zero-order valence-electron chi connectivity index (χ0n) is 4.50. The number of halogens is 1. The van der Waals surface area contributed by atoms with Crippen LogP contribution in [0.25, 0.3) is 0 Å². The van der Waals surface area contributed by atoms with E-state index in [2.05, 4.69) is 4.72 Å². The quantitative estimate of drug-likeness (QED) is 0.568. The summed E-state index contributed by atoms with van der Waals surface area (Å²) < 4.78 is 27.3. The van der Waals surface area contributed by atoms with Crippen molar-refractivity contribution in [3.8, 4) is 0 Å². The van der Waals surface area contributed by atoms with Gasteiger partial charge in [0.15, 0.2) is 0 Å². The molecule has 0 aliphatic carbocycles. The van der Waals surface area contributed by atoms with Crippen molar-refractivity contribution in [2.75, 3.05) is 13.2 Å². The van der Waals surface area contributed by atoms with E-state index in [-0.39, 0.29) is 6.04 Å². The molecule has 1 aliphatic rings. The average molecular weight is 172 g/mol. The lowest BCUT2D eigenvalue weighted by atomic mass is 10.3. The molecule has 0 aromatic carbocycles. The van der Waals surface area contributed by atoms with Crippen molar-refractivity contribution in [1.29, 1.82) is 0 Å². The molecule has 0 unspecified atom stereocenters. The molecule has 1 heterocycles. The third-order valence-electron chi connectivity index (χ3n) is 0.946. The molecule has 0 aromatic heterocycles. The standard InChI is InChI=1S/C3H6ClNO3S/c4-9(6,7)5-3-1-8-2-3/h3,5H,1-2H2. The van der Waals surface area contributed by atoms with E-state index in [1.165, 1.54) is 0 Å². The van der Waals surface area contributed by atoms with E-state index in [4.69, 9.17) is 15.4 Å². The van der Waals surface area contributed by atoms with Gasteiger partial charge in [0.25, 0.3) is 9.24 Å². The second kappa shape index (κ2) is 2.42. The molecule has 0 bridgehead atoms. The van der Waals surface area contributed by atoms with Crippen LogP contribution in [0.4, 0.5) is 0 Å². The summed E-state index contributed by atoms with van der Waals surface area (Å²) in [6, 6.07) is -0.118. The van der Waals surface area contributed by atoms with Crippen LogP contribution in [-0.4, -0.2) is 27.7 Å². The molecule has 0 atom stereocenters. The highest BCUT2D eigenvalue weighted by molar-refractivity contribution is 8.12. The minimum Gasteiger partial charge on any atom is -0.378 e. The van der Waals surface area contributed by atoms with Crippen molar-refractivity contribution < 1.29 is 13.2 Å². The average Bonchev–Trinajstić information content (AvgIpc) is 1.53. The molecule has 1 fully saturated rings. The van der Waals surface area contributed by atoms with Crippen molar-refractivity contribution >= 4 is 19.9 Å². The Morgan fingerprint density at radius 3 is 2.22 bits per heavy atom. The third kappa shape index (κ3) is 2.49. The first kappa shape index (κ1) is 7.27. The topological polar surface area (TPSA) is 55.4 Å². The van der Waals surface area contributed by atoms with Crippen LogP contribution >= 0.6 is 10.7 Å². The summed E-state index contributed by atoms with van der Waals surface area (Å²) in [6.45, 7) is 0.845. The normalized spacial score (nSPS) is 21.4. The molecule has 54 valence electrons. The summed E-state index contributed by atoms with van der Waals surface area (Å²) in [5.74, 6) is 0. The zero-order chi connectivity index (χ0) is 6.91. The van der Waals surface area contributed by atoms with Gasteiger partial charge in [-0.25, -0.2) is 0 Å². The molecule has 0 saturated carbocycles. The van der Waals surface area contributed by atoms with Crippen LogP contribution in [0.15, 0.2) is 0 Å². The fourth-order valence-electron chi connectivity index (χ4n) is 0.503. The maximum atomic E-state index is 10.2. The van der Waals surface area contributed by atoms with Gasteiger partial charge >= 0.3 is 0 Å². The first-order valence-electron chi connectivity index (χ1n) is 2.37. The van der Waals surface area contributed by atoms with Crippen molar-refractivity contribution in [1.82, 2.24) is 4.72 Å². The lowest BCUT2D eigenvalue weighted by Crippen LogP contribution is -2.46. The summed E-state index contributed by atoms with van der Waals surface area (Å²) in [5.41, 5.74) is 0. The van der Waals surface area contributed by atoms with E-state index in [1.807, 2.05) is 0 Å². The molecule has 0 radical (unpaired) electrons. The number of ether oxygens (including phenoxy) is 1. The Labute approximate surface area is 57.7 Å². The van der Waals surface area contributed by atoms with E-state index in [9.17, 15) is 8.42 Å². The van der Waals surface area contributed by atoms with Crippen LogP contribution < -0.4 is 4.72 Å². The van der Waals surface area contributed by atoms with Gasteiger partial charge in [0.05, 0.1) is 19.3 Å².